The number of fused-ring (bicyclic) bond motifs is 1. The standard InChI is InChI=1S/C11H14N4O3S/c1-6-8(15-4-5-19-11(15)13-6)14-10(17)12-7(2)9(16)18-3/h4-5,7H,1-3H3,(H2,12,14,17). The molecule has 0 aromatic carbocycles. The number of nitrogens with one attached hydrogen (secondary N) is 2. The van der Waals surface area contributed by atoms with Gasteiger partial charge in [0, 0.05) is 11.6 Å². The van der Waals surface area contributed by atoms with Gasteiger partial charge < -0.3 is 10.1 Å². The average molecular weight is 282 g/mol. The number of ether oxygens (including phenoxy) is 1. The van der Waals surface area contributed by atoms with E-state index in [9.17, 15) is 9.59 Å². The van der Waals surface area contributed by atoms with Crippen LogP contribution in [0.5, 0.6) is 0 Å². The van der Waals surface area contributed by atoms with Crippen LogP contribution in [0.2, 0.25) is 0 Å². The van der Waals surface area contributed by atoms with E-state index in [1.54, 1.807) is 18.2 Å². The fourth-order valence-corrected chi connectivity index (χ4v) is 2.38. The summed E-state index contributed by atoms with van der Waals surface area (Å²) in [4.78, 5) is 28.1. The van der Waals surface area contributed by atoms with Crippen molar-refractivity contribution >= 4 is 34.1 Å². The fourth-order valence-electron chi connectivity index (χ4n) is 1.62. The zero-order valence-corrected chi connectivity index (χ0v) is 11.6. The maximum atomic E-state index is 11.8. The summed E-state index contributed by atoms with van der Waals surface area (Å²) in [6.45, 7) is 3.36. The molecular weight excluding hydrogens is 268 g/mol. The van der Waals surface area contributed by atoms with E-state index in [0.717, 1.165) is 4.96 Å². The number of amides is 2. The lowest BCUT2D eigenvalue weighted by Crippen LogP contribution is -2.41. The predicted octanol–water partition coefficient (Wildman–Crippen LogP) is 1.39. The quantitative estimate of drug-likeness (QED) is 0.833. The van der Waals surface area contributed by atoms with Gasteiger partial charge in [-0.05, 0) is 13.8 Å². The van der Waals surface area contributed by atoms with Gasteiger partial charge in [0.2, 0.25) is 0 Å². The third-order valence-electron chi connectivity index (χ3n) is 2.57. The predicted molar refractivity (Wildman–Crippen MR) is 71.4 cm³/mol. The third kappa shape index (κ3) is 2.68. The van der Waals surface area contributed by atoms with E-state index in [4.69, 9.17) is 0 Å². The second-order valence-electron chi connectivity index (χ2n) is 3.94. The smallest absolute Gasteiger partial charge is 0.328 e. The van der Waals surface area contributed by atoms with Crippen molar-refractivity contribution in [2.45, 2.75) is 19.9 Å². The van der Waals surface area contributed by atoms with Gasteiger partial charge in [-0.15, -0.1) is 11.3 Å². The Bertz CT molecular complexity index is 619. The number of anilines is 1. The van der Waals surface area contributed by atoms with Crippen molar-refractivity contribution in [3.05, 3.63) is 17.3 Å². The van der Waals surface area contributed by atoms with Gasteiger partial charge in [-0.2, -0.15) is 0 Å². The summed E-state index contributed by atoms with van der Waals surface area (Å²) in [5, 5.41) is 7.05. The van der Waals surface area contributed by atoms with Crippen molar-refractivity contribution in [2.75, 3.05) is 12.4 Å². The van der Waals surface area contributed by atoms with Gasteiger partial charge in [0.1, 0.15) is 11.9 Å². The molecule has 0 saturated heterocycles. The fraction of sp³-hybridized carbons (Fsp3) is 0.364. The van der Waals surface area contributed by atoms with Gasteiger partial charge in [-0.3, -0.25) is 9.72 Å². The van der Waals surface area contributed by atoms with Gasteiger partial charge in [0.25, 0.3) is 0 Å². The highest BCUT2D eigenvalue weighted by Crippen LogP contribution is 2.20. The Kier molecular flexibility index (Phi) is 3.70. The summed E-state index contributed by atoms with van der Waals surface area (Å²) >= 11 is 1.48. The number of hydrogen-bond donors (Lipinski definition) is 2. The molecule has 0 fully saturated rings. The van der Waals surface area contributed by atoms with Gasteiger partial charge in [-0.25, -0.2) is 14.6 Å². The topological polar surface area (TPSA) is 84.7 Å². The summed E-state index contributed by atoms with van der Waals surface area (Å²) < 4.78 is 6.31. The molecule has 8 heteroatoms. The molecule has 2 aromatic heterocycles. The van der Waals surface area contributed by atoms with Crippen LogP contribution in [-0.2, 0) is 9.53 Å². The molecule has 0 aliphatic rings. The normalized spacial score (nSPS) is 12.2. The van der Waals surface area contributed by atoms with E-state index < -0.39 is 18.0 Å². The Morgan fingerprint density at radius 1 is 1.53 bits per heavy atom. The van der Waals surface area contributed by atoms with Gasteiger partial charge in [-0.1, -0.05) is 0 Å². The van der Waals surface area contributed by atoms with Crippen molar-refractivity contribution in [3.63, 3.8) is 0 Å². The number of rotatable bonds is 3. The number of aryl methyl sites for hydroxylation is 1. The lowest BCUT2D eigenvalue weighted by Gasteiger charge is -2.12. The monoisotopic (exact) mass is 282 g/mol. The lowest BCUT2D eigenvalue weighted by atomic mass is 10.3. The minimum absolute atomic E-state index is 0.478. The molecule has 0 aliphatic carbocycles. The molecule has 19 heavy (non-hydrogen) atoms. The number of methoxy groups -OCH3 is 1. The largest absolute Gasteiger partial charge is 0.467 e. The number of nitrogens with zero attached hydrogens (tertiary/aromatic N) is 2. The zero-order chi connectivity index (χ0) is 14.0. The van der Waals surface area contributed by atoms with Gasteiger partial charge >= 0.3 is 12.0 Å². The van der Waals surface area contributed by atoms with E-state index in [0.29, 0.717) is 11.5 Å². The molecule has 2 amide bonds. The van der Waals surface area contributed by atoms with E-state index in [2.05, 4.69) is 20.4 Å². The van der Waals surface area contributed by atoms with Crippen LogP contribution in [-0.4, -0.2) is 34.5 Å². The number of urea groups is 1. The maximum Gasteiger partial charge on any atom is 0.328 e. The molecule has 2 heterocycles. The Morgan fingerprint density at radius 2 is 2.26 bits per heavy atom. The van der Waals surface area contributed by atoms with Crippen molar-refractivity contribution in [1.29, 1.82) is 0 Å². The number of aromatic nitrogens is 2. The van der Waals surface area contributed by atoms with Crippen molar-refractivity contribution in [3.8, 4) is 0 Å². The highest BCUT2D eigenvalue weighted by Gasteiger charge is 2.18. The second kappa shape index (κ2) is 5.27. The second-order valence-corrected chi connectivity index (χ2v) is 4.82. The van der Waals surface area contributed by atoms with Crippen LogP contribution in [0.4, 0.5) is 10.6 Å². The van der Waals surface area contributed by atoms with Crippen molar-refractivity contribution < 1.29 is 14.3 Å². The summed E-state index contributed by atoms with van der Waals surface area (Å²) in [5.41, 5.74) is 0.715. The highest BCUT2D eigenvalue weighted by molar-refractivity contribution is 7.15. The van der Waals surface area contributed by atoms with Crippen LogP contribution in [0.1, 0.15) is 12.6 Å². The molecule has 0 bridgehead atoms. The molecule has 2 aromatic rings. The molecule has 7 nitrogen and oxygen atoms in total. The molecule has 2 N–H and O–H groups in total. The first-order valence-electron chi connectivity index (χ1n) is 5.60. The lowest BCUT2D eigenvalue weighted by molar-refractivity contribution is -0.142. The number of thiazole rings is 1. The van der Waals surface area contributed by atoms with E-state index in [-0.39, 0.29) is 0 Å². The Labute approximate surface area is 113 Å². The van der Waals surface area contributed by atoms with Crippen LogP contribution in [0.25, 0.3) is 4.96 Å². The number of hydrogen-bond acceptors (Lipinski definition) is 5. The van der Waals surface area contributed by atoms with Crippen molar-refractivity contribution in [2.24, 2.45) is 0 Å². The molecular formula is C11H14N4O3S. The Balaban J connectivity index is 2.08. The molecule has 0 spiro atoms. The first-order valence-corrected chi connectivity index (χ1v) is 6.48. The summed E-state index contributed by atoms with van der Waals surface area (Å²) in [6, 6.07) is -1.19. The summed E-state index contributed by atoms with van der Waals surface area (Å²) in [5.74, 6) is 0.0895. The molecule has 1 atom stereocenters. The summed E-state index contributed by atoms with van der Waals surface area (Å²) in [6.07, 6.45) is 1.82. The van der Waals surface area contributed by atoms with Crippen LogP contribution in [0.15, 0.2) is 11.6 Å². The van der Waals surface area contributed by atoms with Crippen molar-refractivity contribution in [1.82, 2.24) is 14.7 Å². The molecule has 0 radical (unpaired) electrons. The van der Waals surface area contributed by atoms with Crippen LogP contribution >= 0.6 is 11.3 Å². The van der Waals surface area contributed by atoms with Crippen LogP contribution < -0.4 is 10.6 Å². The molecule has 2 rings (SSSR count). The van der Waals surface area contributed by atoms with E-state index in [1.165, 1.54) is 18.4 Å². The molecule has 0 aliphatic heterocycles. The number of carbonyl (C=O) groups excluding carboxylic acids is 2. The van der Waals surface area contributed by atoms with Crippen LogP contribution in [0, 0.1) is 6.92 Å². The van der Waals surface area contributed by atoms with Gasteiger partial charge in [0.05, 0.1) is 12.8 Å². The first-order chi connectivity index (χ1) is 9.02. The van der Waals surface area contributed by atoms with E-state index >= 15 is 0 Å². The highest BCUT2D eigenvalue weighted by atomic mass is 32.1. The third-order valence-corrected chi connectivity index (χ3v) is 3.33. The zero-order valence-electron chi connectivity index (χ0n) is 10.8. The molecule has 1 unspecified atom stereocenters. The maximum absolute atomic E-state index is 11.8. The van der Waals surface area contributed by atoms with E-state index in [1.807, 2.05) is 11.6 Å². The summed E-state index contributed by atoms with van der Waals surface area (Å²) in [7, 11) is 1.27. The minimum Gasteiger partial charge on any atom is -0.467 e. The number of carbonyl (C=O) groups is 2. The minimum atomic E-state index is -0.712. The number of esters is 1. The SMILES string of the molecule is COC(=O)C(C)NC(=O)Nc1c(C)nc2sccn12. The van der Waals surface area contributed by atoms with Crippen LogP contribution in [0.3, 0.4) is 0 Å². The Morgan fingerprint density at radius 3 is 2.95 bits per heavy atom. The average Bonchev–Trinajstić information content (AvgIpc) is 2.91. The number of imidazole rings is 1. The van der Waals surface area contributed by atoms with Gasteiger partial charge in [0.15, 0.2) is 4.96 Å². The first kappa shape index (κ1) is 13.3. The molecule has 102 valence electrons. The Hall–Kier alpha value is -2.09. The molecule has 0 saturated carbocycles.